The third-order valence-electron chi connectivity index (χ3n) is 6.72. The third kappa shape index (κ3) is 5.07. The van der Waals surface area contributed by atoms with Crippen molar-refractivity contribution in [2.45, 2.75) is 38.0 Å². The van der Waals surface area contributed by atoms with Crippen LogP contribution in [0.25, 0.3) is 28.2 Å². The van der Waals surface area contributed by atoms with Crippen molar-refractivity contribution in [1.82, 2.24) is 33.9 Å². The van der Waals surface area contributed by atoms with Gasteiger partial charge in [0.1, 0.15) is 17.1 Å². The maximum absolute atomic E-state index is 13.6. The Bertz CT molecular complexity index is 1640. The van der Waals surface area contributed by atoms with Crippen LogP contribution < -0.4 is 15.6 Å². The van der Waals surface area contributed by atoms with Crippen molar-refractivity contribution in [2.24, 2.45) is 7.05 Å². The van der Waals surface area contributed by atoms with Crippen LogP contribution >= 0.6 is 0 Å². The number of fused-ring (bicyclic) bond motifs is 1. The molecule has 0 unspecified atom stereocenters. The molecule has 1 N–H and O–H groups in total. The van der Waals surface area contributed by atoms with Gasteiger partial charge in [0, 0.05) is 39.4 Å². The molecule has 1 fully saturated rings. The normalized spacial score (nSPS) is 14.6. The molecule has 1 saturated heterocycles. The fourth-order valence-corrected chi connectivity index (χ4v) is 6.20. The zero-order valence-electron chi connectivity index (χ0n) is 22.4. The van der Waals surface area contributed by atoms with Crippen LogP contribution in [-0.4, -0.2) is 69.8 Å². The number of aromatic nitrogens is 5. The Morgan fingerprint density at radius 2 is 1.85 bits per heavy atom. The van der Waals surface area contributed by atoms with Gasteiger partial charge < -0.3 is 10.1 Å². The molecule has 0 atom stereocenters. The molecule has 0 bridgehead atoms. The molecule has 0 radical (unpaired) electrons. The number of sulfonamides is 1. The van der Waals surface area contributed by atoms with Gasteiger partial charge in [0.05, 0.1) is 22.8 Å². The Morgan fingerprint density at radius 1 is 1.05 bits per heavy atom. The lowest BCUT2D eigenvalue weighted by atomic mass is 10.1. The van der Waals surface area contributed by atoms with Crippen LogP contribution in [0.3, 0.4) is 0 Å². The van der Waals surface area contributed by atoms with Crippen LogP contribution in [0.5, 0.6) is 5.75 Å². The Morgan fingerprint density at radius 3 is 2.54 bits per heavy atom. The number of ether oxygens (including phenoxy) is 1. The van der Waals surface area contributed by atoms with E-state index < -0.39 is 10.0 Å². The highest BCUT2D eigenvalue weighted by atomic mass is 32.2. The molecule has 1 aliphatic heterocycles. The van der Waals surface area contributed by atoms with E-state index in [4.69, 9.17) is 9.72 Å². The second kappa shape index (κ2) is 11.2. The summed E-state index contributed by atoms with van der Waals surface area (Å²) in [5, 5.41) is 7.79. The highest BCUT2D eigenvalue weighted by Gasteiger charge is 2.28. The first kappa shape index (κ1) is 27.0. The second-order valence-corrected chi connectivity index (χ2v) is 11.4. The van der Waals surface area contributed by atoms with E-state index in [0.717, 1.165) is 18.5 Å². The minimum absolute atomic E-state index is 0.135. The van der Waals surface area contributed by atoms with E-state index >= 15 is 0 Å². The Balaban J connectivity index is 1.73. The first-order valence-electron chi connectivity index (χ1n) is 13.2. The smallest absolute Gasteiger partial charge is 0.281 e. The van der Waals surface area contributed by atoms with Crippen LogP contribution in [-0.2, 0) is 23.5 Å². The molecule has 12 heteroatoms. The molecule has 11 nitrogen and oxygen atoms in total. The number of piperazine rings is 1. The van der Waals surface area contributed by atoms with Gasteiger partial charge in [-0.2, -0.15) is 9.40 Å². The summed E-state index contributed by atoms with van der Waals surface area (Å²) in [7, 11) is -2.13. The zero-order chi connectivity index (χ0) is 27.6. The van der Waals surface area contributed by atoms with E-state index in [1.165, 1.54) is 8.87 Å². The maximum atomic E-state index is 13.6. The molecule has 0 spiro atoms. The van der Waals surface area contributed by atoms with E-state index in [1.54, 1.807) is 36.1 Å². The molecule has 1 aliphatic rings. The molecule has 5 rings (SSSR count). The van der Waals surface area contributed by atoms with Crippen molar-refractivity contribution in [3.63, 3.8) is 0 Å². The van der Waals surface area contributed by atoms with Gasteiger partial charge in [-0.3, -0.25) is 9.36 Å². The first-order chi connectivity index (χ1) is 18.9. The molecular weight excluding hydrogens is 518 g/mol. The molecule has 206 valence electrons. The number of nitrogens with one attached hydrogen (secondary N) is 1. The van der Waals surface area contributed by atoms with Crippen LogP contribution in [0.2, 0.25) is 0 Å². The summed E-state index contributed by atoms with van der Waals surface area (Å²) in [4.78, 5) is 23.1. The monoisotopic (exact) mass is 551 g/mol. The average Bonchev–Trinajstić information content (AvgIpc) is 3.33. The number of benzene rings is 1. The first-order valence-corrected chi connectivity index (χ1v) is 14.7. The van der Waals surface area contributed by atoms with Crippen LogP contribution in [0.4, 0.5) is 0 Å². The van der Waals surface area contributed by atoms with Crippen molar-refractivity contribution in [3.05, 3.63) is 58.6 Å². The van der Waals surface area contributed by atoms with Gasteiger partial charge in [-0.25, -0.2) is 23.1 Å². The molecular formula is C27H33N7O4S. The quantitative estimate of drug-likeness (QED) is 0.337. The predicted molar refractivity (Wildman–Crippen MR) is 149 cm³/mol. The highest BCUT2D eigenvalue weighted by molar-refractivity contribution is 7.89. The molecule has 1 aromatic carbocycles. The highest BCUT2D eigenvalue weighted by Crippen LogP contribution is 2.33. The van der Waals surface area contributed by atoms with E-state index in [2.05, 4.69) is 15.4 Å². The summed E-state index contributed by atoms with van der Waals surface area (Å²) in [5.41, 5.74) is 1.58. The summed E-state index contributed by atoms with van der Waals surface area (Å²) < 4.78 is 37.6. The largest absolute Gasteiger partial charge is 0.493 e. The van der Waals surface area contributed by atoms with Crippen LogP contribution in [0, 0.1) is 0 Å². The van der Waals surface area contributed by atoms with E-state index in [9.17, 15) is 13.2 Å². The Hall–Kier alpha value is -3.61. The molecule has 4 heterocycles. The maximum Gasteiger partial charge on any atom is 0.281 e. The van der Waals surface area contributed by atoms with Crippen molar-refractivity contribution in [1.29, 1.82) is 0 Å². The summed E-state index contributed by atoms with van der Waals surface area (Å²) in [5.74, 6) is 1.37. The molecule has 3 aromatic heterocycles. The Labute approximate surface area is 227 Å². The summed E-state index contributed by atoms with van der Waals surface area (Å²) in [6.45, 7) is 6.44. The van der Waals surface area contributed by atoms with Crippen molar-refractivity contribution >= 4 is 21.1 Å². The van der Waals surface area contributed by atoms with Crippen LogP contribution in [0.1, 0.15) is 32.4 Å². The number of hydrogen-bond donors (Lipinski definition) is 1. The van der Waals surface area contributed by atoms with Gasteiger partial charge in [-0.15, -0.1) is 0 Å². The molecule has 0 aliphatic carbocycles. The van der Waals surface area contributed by atoms with E-state index in [-0.39, 0.29) is 16.0 Å². The summed E-state index contributed by atoms with van der Waals surface area (Å²) >= 11 is 0. The summed E-state index contributed by atoms with van der Waals surface area (Å²) in [6, 6.07) is 10.3. The number of pyridine rings is 1. The number of hydrogen-bond acceptors (Lipinski definition) is 8. The van der Waals surface area contributed by atoms with Crippen molar-refractivity contribution in [3.8, 4) is 23.0 Å². The summed E-state index contributed by atoms with van der Waals surface area (Å²) in [6.07, 6.45) is 3.88. The van der Waals surface area contributed by atoms with E-state index in [0.29, 0.717) is 67.7 Å². The lowest BCUT2D eigenvalue weighted by Crippen LogP contribution is -2.46. The second-order valence-electron chi connectivity index (χ2n) is 9.45. The third-order valence-corrected chi connectivity index (χ3v) is 8.61. The molecule has 39 heavy (non-hydrogen) atoms. The zero-order valence-corrected chi connectivity index (χ0v) is 23.2. The lowest BCUT2D eigenvalue weighted by molar-refractivity contribution is 0.318. The van der Waals surface area contributed by atoms with Gasteiger partial charge in [0.15, 0.2) is 11.3 Å². The van der Waals surface area contributed by atoms with Crippen molar-refractivity contribution < 1.29 is 13.2 Å². The fraction of sp³-hybridized carbons (Fsp3) is 0.407. The van der Waals surface area contributed by atoms with Crippen molar-refractivity contribution in [2.75, 3.05) is 32.8 Å². The number of aryl methyl sites for hydroxylation is 1. The minimum Gasteiger partial charge on any atom is -0.493 e. The SMILES string of the molecule is CCCOc1ccc(S(=O)(=O)N2CCNCC2)cc1-c1nc2c(CCC)n(-c3ccccn3)nc2c(=O)n1C. The topological polar surface area (TPSA) is 124 Å². The number of nitrogens with zero attached hydrogens (tertiary/aromatic N) is 6. The van der Waals surface area contributed by atoms with Gasteiger partial charge in [-0.05, 0) is 43.2 Å². The molecule has 0 amide bonds. The van der Waals surface area contributed by atoms with E-state index in [1.807, 2.05) is 32.0 Å². The van der Waals surface area contributed by atoms with Gasteiger partial charge in [0.25, 0.3) is 5.56 Å². The standard InChI is InChI=1S/C27H33N7O4S/c1-4-8-21-24-25(31-34(21)23-9-6-7-12-29-23)27(35)32(3)26(30-24)20-18-19(10-11-22(20)38-17-5-2)39(36,37)33-15-13-28-14-16-33/h6-7,9-12,18,28H,4-5,8,13-17H2,1-3H3. The van der Waals surface area contributed by atoms with Gasteiger partial charge in [-0.1, -0.05) is 26.3 Å². The predicted octanol–water partition coefficient (Wildman–Crippen LogP) is 2.52. The molecule has 0 saturated carbocycles. The lowest BCUT2D eigenvalue weighted by Gasteiger charge is -2.27. The molecule has 4 aromatic rings. The minimum atomic E-state index is -3.75. The van der Waals surface area contributed by atoms with Gasteiger partial charge >= 0.3 is 0 Å². The van der Waals surface area contributed by atoms with Gasteiger partial charge in [0.2, 0.25) is 10.0 Å². The Kier molecular flexibility index (Phi) is 7.78. The average molecular weight is 552 g/mol. The number of rotatable bonds is 9. The fourth-order valence-electron chi connectivity index (χ4n) is 4.73. The van der Waals surface area contributed by atoms with Crippen LogP contribution in [0.15, 0.2) is 52.3 Å².